The largest absolute Gasteiger partial charge is 0.356 e. The van der Waals surface area contributed by atoms with Gasteiger partial charge in [-0.25, -0.2) is 17.7 Å². The fourth-order valence-electron chi connectivity index (χ4n) is 2.84. The highest BCUT2D eigenvalue weighted by atomic mass is 32.2. The molecule has 9 heteroatoms. The van der Waals surface area contributed by atoms with Crippen LogP contribution in [-0.4, -0.2) is 63.1 Å². The number of hydrogen-bond acceptors (Lipinski definition) is 5. The fraction of sp³-hybridized carbons (Fsp3) is 0.750. The molecule has 0 bridgehead atoms. The first-order valence-corrected chi connectivity index (χ1v) is 11.3. The molecule has 0 unspecified atom stereocenters. The van der Waals surface area contributed by atoms with Crippen LogP contribution in [0.5, 0.6) is 0 Å². The van der Waals surface area contributed by atoms with Gasteiger partial charge in [-0.2, -0.15) is 0 Å². The minimum Gasteiger partial charge on any atom is -0.356 e. The number of sulfonamides is 1. The van der Waals surface area contributed by atoms with E-state index >= 15 is 0 Å². The van der Waals surface area contributed by atoms with Crippen molar-refractivity contribution < 1.29 is 8.42 Å². The molecule has 1 aliphatic rings. The molecule has 1 saturated heterocycles. The van der Waals surface area contributed by atoms with Crippen LogP contribution in [0.1, 0.15) is 28.4 Å². The lowest BCUT2D eigenvalue weighted by molar-refractivity contribution is 0.275. The maximum absolute atomic E-state index is 11.5. The van der Waals surface area contributed by atoms with Gasteiger partial charge >= 0.3 is 0 Å². The van der Waals surface area contributed by atoms with Crippen molar-refractivity contribution in [3.05, 3.63) is 15.6 Å². The van der Waals surface area contributed by atoms with E-state index in [9.17, 15) is 8.42 Å². The summed E-state index contributed by atoms with van der Waals surface area (Å²) in [5, 5.41) is 7.81. The molecule has 0 aromatic carbocycles. The van der Waals surface area contributed by atoms with Gasteiger partial charge in [0.25, 0.3) is 0 Å². The van der Waals surface area contributed by atoms with Gasteiger partial charge in [-0.1, -0.05) is 0 Å². The first kappa shape index (κ1) is 20.1. The quantitative estimate of drug-likeness (QED) is 0.565. The van der Waals surface area contributed by atoms with Crippen LogP contribution < -0.4 is 10.6 Å². The summed E-state index contributed by atoms with van der Waals surface area (Å²) in [5.41, 5.74) is 1.11. The average molecular weight is 388 g/mol. The van der Waals surface area contributed by atoms with E-state index in [2.05, 4.69) is 27.5 Å². The number of aromatic nitrogens is 1. The predicted octanol–water partition coefficient (Wildman–Crippen LogP) is 1.14. The van der Waals surface area contributed by atoms with Crippen molar-refractivity contribution in [2.24, 2.45) is 10.9 Å². The third kappa shape index (κ3) is 6.23. The Balaban J connectivity index is 1.69. The highest BCUT2D eigenvalue weighted by molar-refractivity contribution is 7.88. The van der Waals surface area contributed by atoms with Crippen LogP contribution >= 0.6 is 11.3 Å². The second kappa shape index (κ2) is 8.95. The highest BCUT2D eigenvalue weighted by Gasteiger charge is 2.24. The lowest BCUT2D eigenvalue weighted by Crippen LogP contribution is -2.44. The van der Waals surface area contributed by atoms with Crippen LogP contribution in [0.3, 0.4) is 0 Å². The Kier molecular flexibility index (Phi) is 7.21. The molecule has 0 atom stereocenters. The third-order valence-corrected chi connectivity index (χ3v) is 6.96. The molecule has 2 heterocycles. The van der Waals surface area contributed by atoms with Crippen molar-refractivity contribution in [3.8, 4) is 0 Å². The van der Waals surface area contributed by atoms with Gasteiger partial charge in [0.1, 0.15) is 0 Å². The summed E-state index contributed by atoms with van der Waals surface area (Å²) in [6.45, 7) is 6.96. The number of piperidine rings is 1. The molecule has 142 valence electrons. The minimum atomic E-state index is -3.05. The zero-order chi connectivity index (χ0) is 18.4. The van der Waals surface area contributed by atoms with Crippen LogP contribution in [0, 0.1) is 19.8 Å². The molecule has 7 nitrogen and oxygen atoms in total. The van der Waals surface area contributed by atoms with E-state index in [0.717, 1.165) is 49.0 Å². The zero-order valence-electron chi connectivity index (χ0n) is 15.5. The van der Waals surface area contributed by atoms with E-state index in [1.807, 2.05) is 6.92 Å². The molecule has 0 amide bonds. The van der Waals surface area contributed by atoms with E-state index in [1.54, 1.807) is 22.7 Å². The lowest BCUT2D eigenvalue weighted by atomic mass is 9.98. The van der Waals surface area contributed by atoms with Crippen LogP contribution in [0.25, 0.3) is 0 Å². The maximum atomic E-state index is 11.5. The van der Waals surface area contributed by atoms with Gasteiger partial charge in [-0.15, -0.1) is 11.3 Å². The van der Waals surface area contributed by atoms with Gasteiger partial charge in [0, 0.05) is 44.5 Å². The van der Waals surface area contributed by atoms with E-state index in [0.29, 0.717) is 19.0 Å². The van der Waals surface area contributed by atoms with Gasteiger partial charge in [-0.3, -0.25) is 4.99 Å². The minimum absolute atomic E-state index is 0.473. The van der Waals surface area contributed by atoms with Crippen molar-refractivity contribution in [2.45, 2.75) is 33.1 Å². The standard InChI is InChI=1S/C16H29N5O2S2/c1-12-13(2)24-15(20-12)5-8-18-16(17-3)19-11-14-6-9-21(10-7-14)25(4,22)23/h14H,5-11H2,1-4H3,(H2,17,18,19). The van der Waals surface area contributed by atoms with Gasteiger partial charge in [0.15, 0.2) is 5.96 Å². The Labute approximate surface area is 155 Å². The fourth-order valence-corrected chi connectivity index (χ4v) is 4.65. The number of thiazole rings is 1. The number of guanidine groups is 1. The molecule has 0 aliphatic carbocycles. The number of hydrogen-bond donors (Lipinski definition) is 2. The summed E-state index contributed by atoms with van der Waals surface area (Å²) in [6, 6.07) is 0. The first-order valence-electron chi connectivity index (χ1n) is 8.62. The van der Waals surface area contributed by atoms with E-state index in [1.165, 1.54) is 11.1 Å². The Bertz CT molecular complexity index is 672. The van der Waals surface area contributed by atoms with Crippen molar-refractivity contribution in [1.82, 2.24) is 19.9 Å². The summed E-state index contributed by atoms with van der Waals surface area (Å²) in [5.74, 6) is 1.26. The lowest BCUT2D eigenvalue weighted by Gasteiger charge is -2.30. The zero-order valence-corrected chi connectivity index (χ0v) is 17.1. The Morgan fingerprint density at radius 2 is 2.00 bits per heavy atom. The van der Waals surface area contributed by atoms with Crippen LogP contribution in [-0.2, 0) is 16.4 Å². The molecule has 25 heavy (non-hydrogen) atoms. The summed E-state index contributed by atoms with van der Waals surface area (Å²) in [4.78, 5) is 10.1. The van der Waals surface area contributed by atoms with Crippen LogP contribution in [0.2, 0.25) is 0 Å². The van der Waals surface area contributed by atoms with Gasteiger partial charge in [0.2, 0.25) is 10.0 Å². The summed E-state index contributed by atoms with van der Waals surface area (Å²) in [6.07, 6.45) is 3.93. The molecular formula is C16H29N5O2S2. The van der Waals surface area contributed by atoms with Crippen molar-refractivity contribution in [1.29, 1.82) is 0 Å². The Morgan fingerprint density at radius 3 is 2.52 bits per heavy atom. The normalized spacial score (nSPS) is 17.7. The van der Waals surface area contributed by atoms with E-state index < -0.39 is 10.0 Å². The van der Waals surface area contributed by atoms with Crippen molar-refractivity contribution in [3.63, 3.8) is 0 Å². The van der Waals surface area contributed by atoms with Crippen molar-refractivity contribution >= 4 is 27.3 Å². The second-order valence-electron chi connectivity index (χ2n) is 6.48. The molecule has 2 rings (SSSR count). The number of nitrogens with one attached hydrogen (secondary N) is 2. The van der Waals surface area contributed by atoms with Gasteiger partial charge in [0.05, 0.1) is 17.0 Å². The molecule has 0 saturated carbocycles. The SMILES string of the molecule is CN=C(NCCc1nc(C)c(C)s1)NCC1CCN(S(C)(=O)=O)CC1. The summed E-state index contributed by atoms with van der Waals surface area (Å²) in [7, 11) is -1.29. The number of nitrogens with zero attached hydrogens (tertiary/aromatic N) is 3. The Hall–Kier alpha value is -1.19. The second-order valence-corrected chi connectivity index (χ2v) is 9.75. The van der Waals surface area contributed by atoms with Crippen molar-refractivity contribution in [2.75, 3.05) is 39.5 Å². The van der Waals surface area contributed by atoms with Crippen LogP contribution in [0.15, 0.2) is 4.99 Å². The molecule has 1 aromatic heterocycles. The molecule has 0 spiro atoms. The van der Waals surface area contributed by atoms with E-state index in [-0.39, 0.29) is 0 Å². The van der Waals surface area contributed by atoms with Crippen LogP contribution in [0.4, 0.5) is 0 Å². The average Bonchev–Trinajstić information content (AvgIpc) is 2.88. The van der Waals surface area contributed by atoms with Gasteiger partial charge < -0.3 is 10.6 Å². The first-order chi connectivity index (χ1) is 11.8. The smallest absolute Gasteiger partial charge is 0.211 e. The monoisotopic (exact) mass is 387 g/mol. The Morgan fingerprint density at radius 1 is 1.32 bits per heavy atom. The number of aryl methyl sites for hydroxylation is 2. The predicted molar refractivity (Wildman–Crippen MR) is 104 cm³/mol. The molecule has 1 aromatic rings. The molecule has 2 N–H and O–H groups in total. The summed E-state index contributed by atoms with van der Waals surface area (Å²) < 4.78 is 24.6. The molecular weight excluding hydrogens is 358 g/mol. The molecule has 1 aliphatic heterocycles. The third-order valence-electron chi connectivity index (χ3n) is 4.53. The summed E-state index contributed by atoms with van der Waals surface area (Å²) >= 11 is 1.75. The topological polar surface area (TPSA) is 86.7 Å². The van der Waals surface area contributed by atoms with Gasteiger partial charge in [-0.05, 0) is 32.6 Å². The molecule has 0 radical (unpaired) electrons. The highest BCUT2D eigenvalue weighted by Crippen LogP contribution is 2.18. The number of aliphatic imine (C=N–C) groups is 1. The molecule has 1 fully saturated rings. The maximum Gasteiger partial charge on any atom is 0.211 e. The number of rotatable bonds is 6. The van der Waals surface area contributed by atoms with E-state index in [4.69, 9.17) is 0 Å².